The Labute approximate surface area is 167 Å². The Kier molecular flexibility index (Phi) is 5.11. The number of esters is 1. The van der Waals surface area contributed by atoms with E-state index >= 15 is 0 Å². The summed E-state index contributed by atoms with van der Waals surface area (Å²) in [6.07, 6.45) is 5.68. The third-order valence-electron chi connectivity index (χ3n) is 4.82. The normalized spacial score (nSPS) is 16.1. The number of amides is 1. The Morgan fingerprint density at radius 3 is 2.90 bits per heavy atom. The van der Waals surface area contributed by atoms with Gasteiger partial charge in [-0.05, 0) is 31.0 Å². The topological polar surface area (TPSA) is 111 Å². The molecule has 4 rings (SSSR count). The van der Waals surface area contributed by atoms with E-state index in [4.69, 9.17) is 9.72 Å². The highest BCUT2D eigenvalue weighted by Crippen LogP contribution is 2.33. The van der Waals surface area contributed by atoms with Gasteiger partial charge < -0.3 is 19.8 Å². The Hall–Kier alpha value is -3.49. The van der Waals surface area contributed by atoms with E-state index in [1.54, 1.807) is 19.3 Å². The average molecular weight is 394 g/mol. The minimum atomic E-state index is -0.369. The van der Waals surface area contributed by atoms with Crippen molar-refractivity contribution in [2.24, 2.45) is 0 Å². The largest absolute Gasteiger partial charge is 0.465 e. The first kappa shape index (κ1) is 18.9. The fourth-order valence-corrected chi connectivity index (χ4v) is 3.50. The van der Waals surface area contributed by atoms with Gasteiger partial charge in [-0.25, -0.2) is 15.0 Å². The number of fused-ring (bicyclic) bond motifs is 3. The molecule has 29 heavy (non-hydrogen) atoms. The van der Waals surface area contributed by atoms with Crippen LogP contribution in [0.25, 0.3) is 5.65 Å². The quantitative estimate of drug-likeness (QED) is 0.632. The molecule has 1 unspecified atom stereocenters. The molecule has 9 heteroatoms. The molecule has 1 atom stereocenters. The lowest BCUT2D eigenvalue weighted by atomic mass is 9.94. The monoisotopic (exact) mass is 394 g/mol. The van der Waals surface area contributed by atoms with Crippen LogP contribution in [0.3, 0.4) is 0 Å². The number of pyridine rings is 1. The lowest BCUT2D eigenvalue weighted by Gasteiger charge is -2.16. The Bertz CT molecular complexity index is 1060. The summed E-state index contributed by atoms with van der Waals surface area (Å²) < 4.78 is 6.92. The number of ether oxygens (including phenoxy) is 1. The van der Waals surface area contributed by atoms with Gasteiger partial charge in [-0.1, -0.05) is 6.07 Å². The first-order chi connectivity index (χ1) is 14.0. The number of carbonyl (C=O) groups excluding carboxylic acids is 2. The van der Waals surface area contributed by atoms with E-state index in [2.05, 4.69) is 20.6 Å². The molecule has 0 spiro atoms. The molecular weight excluding hydrogens is 372 g/mol. The van der Waals surface area contributed by atoms with Gasteiger partial charge in [0.2, 0.25) is 11.9 Å². The van der Waals surface area contributed by atoms with E-state index in [9.17, 15) is 9.59 Å². The highest BCUT2D eigenvalue weighted by Gasteiger charge is 2.29. The summed E-state index contributed by atoms with van der Waals surface area (Å²) >= 11 is 0. The smallest absolute Gasteiger partial charge is 0.325 e. The molecule has 0 saturated heterocycles. The molecule has 0 aliphatic carbocycles. The van der Waals surface area contributed by atoms with Crippen LogP contribution in [-0.2, 0) is 20.9 Å². The molecule has 1 amide bonds. The number of hydrogen-bond acceptors (Lipinski definition) is 7. The Morgan fingerprint density at radius 1 is 1.34 bits per heavy atom. The molecule has 0 fully saturated rings. The van der Waals surface area contributed by atoms with Gasteiger partial charge in [0.15, 0.2) is 0 Å². The predicted octanol–water partition coefficient (Wildman–Crippen LogP) is 1.56. The van der Waals surface area contributed by atoms with Gasteiger partial charge in [-0.2, -0.15) is 0 Å². The van der Waals surface area contributed by atoms with Gasteiger partial charge in [-0.3, -0.25) is 9.59 Å². The molecule has 4 heterocycles. The predicted molar refractivity (Wildman–Crippen MR) is 105 cm³/mol. The molecule has 9 nitrogen and oxygen atoms in total. The second kappa shape index (κ2) is 7.86. The van der Waals surface area contributed by atoms with Gasteiger partial charge in [0.05, 0.1) is 24.5 Å². The van der Waals surface area contributed by atoms with Crippen LogP contribution in [0.1, 0.15) is 41.8 Å². The van der Waals surface area contributed by atoms with E-state index in [-0.39, 0.29) is 30.8 Å². The molecule has 2 N–H and O–H groups in total. The number of aryl methyl sites for hydroxylation is 1. The zero-order valence-corrected chi connectivity index (χ0v) is 16.3. The third kappa shape index (κ3) is 3.89. The van der Waals surface area contributed by atoms with Crippen molar-refractivity contribution in [1.82, 2.24) is 24.7 Å². The average Bonchev–Trinajstić information content (AvgIpc) is 2.98. The minimum Gasteiger partial charge on any atom is -0.465 e. The van der Waals surface area contributed by atoms with Crippen molar-refractivity contribution >= 4 is 23.5 Å². The van der Waals surface area contributed by atoms with Crippen LogP contribution in [0.15, 0.2) is 30.7 Å². The number of anilines is 1. The molecule has 0 aromatic carbocycles. The first-order valence-electron chi connectivity index (χ1n) is 9.50. The van der Waals surface area contributed by atoms with E-state index in [1.807, 2.05) is 29.7 Å². The minimum absolute atomic E-state index is 0.00426. The van der Waals surface area contributed by atoms with Crippen molar-refractivity contribution in [3.05, 3.63) is 53.2 Å². The second-order valence-corrected chi connectivity index (χ2v) is 6.91. The molecule has 3 aromatic rings. The van der Waals surface area contributed by atoms with Gasteiger partial charge >= 0.3 is 5.97 Å². The van der Waals surface area contributed by atoms with Gasteiger partial charge in [-0.15, -0.1) is 0 Å². The first-order valence-corrected chi connectivity index (χ1v) is 9.50. The van der Waals surface area contributed by atoms with Crippen molar-refractivity contribution < 1.29 is 14.3 Å². The fourth-order valence-electron chi connectivity index (χ4n) is 3.50. The van der Waals surface area contributed by atoms with Crippen LogP contribution in [0.2, 0.25) is 0 Å². The summed E-state index contributed by atoms with van der Waals surface area (Å²) in [5.41, 5.74) is 4.58. The molecule has 1 aliphatic heterocycles. The number of rotatable bonds is 5. The molecule has 0 saturated carbocycles. The highest BCUT2D eigenvalue weighted by molar-refractivity contribution is 5.78. The number of nitrogens with zero attached hydrogens (tertiary/aromatic N) is 4. The van der Waals surface area contributed by atoms with Crippen molar-refractivity contribution in [2.45, 2.75) is 32.7 Å². The van der Waals surface area contributed by atoms with Crippen LogP contribution in [0.4, 0.5) is 5.95 Å². The SMILES string of the molecule is CCOC(=O)CNc1ncc(C2CC(=O)NCc3nc4ccc(C)cn4c32)cn1. The van der Waals surface area contributed by atoms with Gasteiger partial charge in [0.1, 0.15) is 12.2 Å². The molecule has 0 bridgehead atoms. The maximum absolute atomic E-state index is 12.3. The van der Waals surface area contributed by atoms with Crippen molar-refractivity contribution in [3.8, 4) is 0 Å². The van der Waals surface area contributed by atoms with Crippen molar-refractivity contribution in [2.75, 3.05) is 18.5 Å². The number of hydrogen-bond donors (Lipinski definition) is 2. The van der Waals surface area contributed by atoms with E-state index < -0.39 is 0 Å². The number of nitrogens with one attached hydrogen (secondary N) is 2. The molecule has 150 valence electrons. The van der Waals surface area contributed by atoms with Crippen LogP contribution in [0.5, 0.6) is 0 Å². The summed E-state index contributed by atoms with van der Waals surface area (Å²) in [6.45, 7) is 4.49. The van der Waals surface area contributed by atoms with E-state index in [0.717, 1.165) is 28.2 Å². The summed E-state index contributed by atoms with van der Waals surface area (Å²) in [6, 6.07) is 3.99. The van der Waals surface area contributed by atoms with Crippen molar-refractivity contribution in [3.63, 3.8) is 0 Å². The Morgan fingerprint density at radius 2 is 2.14 bits per heavy atom. The highest BCUT2D eigenvalue weighted by atomic mass is 16.5. The summed E-state index contributed by atoms with van der Waals surface area (Å²) in [7, 11) is 0. The van der Waals surface area contributed by atoms with Crippen molar-refractivity contribution in [1.29, 1.82) is 0 Å². The maximum Gasteiger partial charge on any atom is 0.325 e. The van der Waals surface area contributed by atoms with Crippen LogP contribution in [0, 0.1) is 6.92 Å². The standard InChI is InChI=1S/C20H22N6O3/c1-3-29-18(28)10-24-20-22-7-13(8-23-20)14-6-17(27)21-9-15-19(14)26-11-12(2)4-5-16(26)25-15/h4-5,7-8,11,14H,3,6,9-10H2,1-2H3,(H,21,27)(H,22,23,24). The van der Waals surface area contributed by atoms with Crippen LogP contribution in [-0.4, -0.2) is 44.4 Å². The lowest BCUT2D eigenvalue weighted by molar-refractivity contribution is -0.140. The number of aromatic nitrogens is 4. The summed E-state index contributed by atoms with van der Waals surface area (Å²) in [5, 5.41) is 5.75. The number of imidazole rings is 1. The Balaban J connectivity index is 1.65. The van der Waals surface area contributed by atoms with E-state index in [1.165, 1.54) is 0 Å². The second-order valence-electron chi connectivity index (χ2n) is 6.91. The molecule has 3 aromatic heterocycles. The molecule has 1 aliphatic rings. The van der Waals surface area contributed by atoms with E-state index in [0.29, 0.717) is 19.1 Å². The summed E-state index contributed by atoms with van der Waals surface area (Å²) in [5.74, 6) is -0.303. The lowest BCUT2D eigenvalue weighted by Crippen LogP contribution is -2.21. The molecular formula is C20H22N6O3. The van der Waals surface area contributed by atoms with Gasteiger partial charge in [0, 0.05) is 30.9 Å². The summed E-state index contributed by atoms with van der Waals surface area (Å²) in [4.78, 5) is 37.1. The van der Waals surface area contributed by atoms with Crippen LogP contribution < -0.4 is 10.6 Å². The molecule has 0 radical (unpaired) electrons. The zero-order chi connectivity index (χ0) is 20.4. The third-order valence-corrected chi connectivity index (χ3v) is 4.82. The fraction of sp³-hybridized carbons (Fsp3) is 0.350. The van der Waals surface area contributed by atoms with Gasteiger partial charge in [0.25, 0.3) is 0 Å². The maximum atomic E-state index is 12.3. The zero-order valence-electron chi connectivity index (χ0n) is 16.3. The van der Waals surface area contributed by atoms with Crippen LogP contribution >= 0.6 is 0 Å². The number of carbonyl (C=O) groups is 2.